The highest BCUT2D eigenvalue weighted by atomic mass is 16.7. The van der Waals surface area contributed by atoms with Gasteiger partial charge in [-0.3, -0.25) is 19.0 Å². The molecule has 22 heavy (non-hydrogen) atoms. The summed E-state index contributed by atoms with van der Waals surface area (Å²) in [5, 5.41) is 2.22. The van der Waals surface area contributed by atoms with Gasteiger partial charge >= 0.3 is 0 Å². The Kier molecular flexibility index (Phi) is 4.62. The molecule has 0 bridgehead atoms. The first-order valence-corrected chi connectivity index (χ1v) is 6.68. The topological polar surface area (TPSA) is 60.8 Å². The molecule has 2 rings (SSSR count). The predicted octanol–water partition coefficient (Wildman–Crippen LogP) is 1.83. The van der Waals surface area contributed by atoms with Crippen LogP contribution in [0.1, 0.15) is 10.5 Å². The molecule has 1 aromatic heterocycles. The van der Waals surface area contributed by atoms with Crippen molar-refractivity contribution in [2.75, 3.05) is 21.3 Å². The van der Waals surface area contributed by atoms with Gasteiger partial charge in [0.25, 0.3) is 11.5 Å². The molecule has 2 aromatic rings. The number of carbonyl (C=O) groups excluding carboxylic acids is 1. The Hall–Kier alpha value is -2.60. The minimum Gasteiger partial charge on any atom is -0.497 e. The van der Waals surface area contributed by atoms with Gasteiger partial charge in [0.05, 0.1) is 14.2 Å². The quantitative estimate of drug-likeness (QED) is 0.624. The number of ether oxygens (including phenoxy) is 1. The van der Waals surface area contributed by atoms with E-state index in [0.29, 0.717) is 16.5 Å². The molecular weight excluding hydrogens is 284 g/mol. The number of rotatable bonds is 5. The maximum atomic E-state index is 12.6. The van der Waals surface area contributed by atoms with Gasteiger partial charge in [-0.25, -0.2) is 5.06 Å². The van der Waals surface area contributed by atoms with Crippen molar-refractivity contribution in [3.05, 3.63) is 53.0 Å². The van der Waals surface area contributed by atoms with Crippen LogP contribution in [0, 0.1) is 0 Å². The summed E-state index contributed by atoms with van der Waals surface area (Å²) >= 11 is 0. The van der Waals surface area contributed by atoms with Crippen LogP contribution in [0.5, 0.6) is 5.75 Å². The van der Waals surface area contributed by atoms with E-state index in [9.17, 15) is 9.59 Å². The molecule has 1 heterocycles. The molecular formula is C16H18N2O4. The van der Waals surface area contributed by atoms with Gasteiger partial charge in [0, 0.05) is 19.0 Å². The van der Waals surface area contributed by atoms with Gasteiger partial charge in [-0.15, -0.1) is 6.58 Å². The molecule has 0 atom stereocenters. The third kappa shape index (κ3) is 2.73. The number of aromatic nitrogens is 1. The number of hydrogen-bond donors (Lipinski definition) is 0. The first-order valence-electron chi connectivity index (χ1n) is 6.68. The van der Waals surface area contributed by atoms with Crippen molar-refractivity contribution >= 4 is 16.7 Å². The van der Waals surface area contributed by atoms with Gasteiger partial charge in [0.1, 0.15) is 11.4 Å². The van der Waals surface area contributed by atoms with Crippen LogP contribution in [0.3, 0.4) is 0 Å². The van der Waals surface area contributed by atoms with Crippen LogP contribution in [-0.2, 0) is 11.4 Å². The molecule has 0 radical (unpaired) electrons. The molecule has 0 aliphatic heterocycles. The fourth-order valence-electron chi connectivity index (χ4n) is 2.19. The Labute approximate surface area is 128 Å². The van der Waals surface area contributed by atoms with Crippen molar-refractivity contribution in [1.29, 1.82) is 0 Å². The normalized spacial score (nSPS) is 10.5. The zero-order valence-electron chi connectivity index (χ0n) is 12.8. The molecule has 0 saturated heterocycles. The minimum absolute atomic E-state index is 0.231. The van der Waals surface area contributed by atoms with Crippen molar-refractivity contribution in [3.8, 4) is 5.75 Å². The molecule has 0 aliphatic carbocycles. The van der Waals surface area contributed by atoms with E-state index < -0.39 is 5.91 Å². The van der Waals surface area contributed by atoms with Crippen LogP contribution in [0.15, 0.2) is 41.7 Å². The molecule has 1 aromatic carbocycles. The van der Waals surface area contributed by atoms with Gasteiger partial charge in [-0.1, -0.05) is 6.08 Å². The third-order valence-corrected chi connectivity index (χ3v) is 3.41. The molecule has 0 N–H and O–H groups in total. The number of hydrogen-bond acceptors (Lipinski definition) is 4. The standard InChI is InChI=1S/C16H18N2O4/c1-5-8-18-14(16(20)17(2)22-4)10-11-9-12(21-3)6-7-13(11)15(18)19/h5-7,9-10H,1,8H2,2-4H3. The first-order chi connectivity index (χ1) is 10.5. The molecule has 0 saturated carbocycles. The fraction of sp³-hybridized carbons (Fsp3) is 0.250. The van der Waals surface area contributed by atoms with Crippen molar-refractivity contribution < 1.29 is 14.4 Å². The number of fused-ring (bicyclic) bond motifs is 1. The highest BCUT2D eigenvalue weighted by Gasteiger charge is 2.18. The van der Waals surface area contributed by atoms with Crippen LogP contribution in [0.4, 0.5) is 0 Å². The Bertz CT molecular complexity index is 780. The number of nitrogens with zero attached hydrogens (tertiary/aromatic N) is 2. The van der Waals surface area contributed by atoms with Gasteiger partial charge in [-0.2, -0.15) is 0 Å². The Morgan fingerprint density at radius 3 is 2.68 bits per heavy atom. The number of pyridine rings is 1. The first kappa shape index (κ1) is 15.8. The SMILES string of the molecule is C=CCn1c(C(=O)N(C)OC)cc2cc(OC)ccc2c1=O. The van der Waals surface area contributed by atoms with Crippen molar-refractivity contribution in [3.63, 3.8) is 0 Å². The van der Waals surface area contributed by atoms with Crippen molar-refractivity contribution in [2.45, 2.75) is 6.54 Å². The molecule has 116 valence electrons. The lowest BCUT2D eigenvalue weighted by Gasteiger charge is -2.18. The molecule has 0 aliphatic rings. The fourth-order valence-corrected chi connectivity index (χ4v) is 2.19. The number of allylic oxidation sites excluding steroid dienone is 1. The average molecular weight is 302 g/mol. The highest BCUT2D eigenvalue weighted by Crippen LogP contribution is 2.20. The van der Waals surface area contributed by atoms with E-state index in [1.165, 1.54) is 18.7 Å². The molecule has 1 amide bonds. The van der Waals surface area contributed by atoms with E-state index in [0.717, 1.165) is 5.06 Å². The van der Waals surface area contributed by atoms with E-state index in [1.807, 2.05) is 0 Å². The summed E-state index contributed by atoms with van der Waals surface area (Å²) in [6.07, 6.45) is 1.57. The molecule has 0 unspecified atom stereocenters. The van der Waals surface area contributed by atoms with Crippen LogP contribution in [0.25, 0.3) is 10.8 Å². The summed E-state index contributed by atoms with van der Waals surface area (Å²) in [7, 11) is 4.42. The largest absolute Gasteiger partial charge is 0.497 e. The van der Waals surface area contributed by atoms with Crippen molar-refractivity contribution in [1.82, 2.24) is 9.63 Å². The van der Waals surface area contributed by atoms with Gasteiger partial charge in [-0.05, 0) is 29.7 Å². The lowest BCUT2D eigenvalue weighted by atomic mass is 10.1. The summed E-state index contributed by atoms with van der Waals surface area (Å²) in [5.41, 5.74) is -0.0251. The maximum Gasteiger partial charge on any atom is 0.293 e. The number of hydroxylamine groups is 2. The van der Waals surface area contributed by atoms with Gasteiger partial charge in [0.2, 0.25) is 0 Å². The van der Waals surface area contributed by atoms with Crippen molar-refractivity contribution in [2.24, 2.45) is 0 Å². The number of methoxy groups -OCH3 is 1. The highest BCUT2D eigenvalue weighted by molar-refractivity contribution is 5.96. The van der Waals surface area contributed by atoms with Crippen LogP contribution >= 0.6 is 0 Å². The molecule has 0 fully saturated rings. The van der Waals surface area contributed by atoms with Gasteiger partial charge < -0.3 is 4.74 Å². The summed E-state index contributed by atoms with van der Waals surface area (Å²) in [4.78, 5) is 29.9. The lowest BCUT2D eigenvalue weighted by molar-refractivity contribution is -0.0763. The van der Waals surface area contributed by atoms with E-state index in [2.05, 4.69) is 6.58 Å². The Morgan fingerprint density at radius 1 is 1.36 bits per heavy atom. The van der Waals surface area contributed by atoms with E-state index in [1.54, 1.807) is 37.5 Å². The second-order valence-corrected chi connectivity index (χ2v) is 4.67. The average Bonchev–Trinajstić information content (AvgIpc) is 2.55. The number of carbonyl (C=O) groups is 1. The van der Waals surface area contributed by atoms with Crippen LogP contribution in [-0.4, -0.2) is 36.8 Å². The predicted molar refractivity (Wildman–Crippen MR) is 84.1 cm³/mol. The second-order valence-electron chi connectivity index (χ2n) is 4.67. The van der Waals surface area contributed by atoms with Crippen LogP contribution in [0.2, 0.25) is 0 Å². The summed E-state index contributed by atoms with van der Waals surface area (Å²) < 4.78 is 6.54. The smallest absolute Gasteiger partial charge is 0.293 e. The number of amides is 1. The zero-order chi connectivity index (χ0) is 16.3. The minimum atomic E-state index is -0.411. The summed E-state index contributed by atoms with van der Waals surface area (Å²) in [5.74, 6) is 0.207. The molecule has 6 heteroatoms. The molecule has 6 nitrogen and oxygen atoms in total. The maximum absolute atomic E-state index is 12.6. The Morgan fingerprint density at radius 2 is 2.09 bits per heavy atom. The summed E-state index contributed by atoms with van der Waals surface area (Å²) in [6, 6.07) is 6.77. The van der Waals surface area contributed by atoms with Crippen LogP contribution < -0.4 is 10.3 Å². The Balaban J connectivity index is 2.76. The monoisotopic (exact) mass is 302 g/mol. The number of benzene rings is 1. The second kappa shape index (κ2) is 6.44. The third-order valence-electron chi connectivity index (χ3n) is 3.41. The van der Waals surface area contributed by atoms with E-state index >= 15 is 0 Å². The molecule has 0 spiro atoms. The zero-order valence-corrected chi connectivity index (χ0v) is 12.8. The lowest BCUT2D eigenvalue weighted by Crippen LogP contribution is -2.33. The van der Waals surface area contributed by atoms with E-state index in [-0.39, 0.29) is 17.8 Å². The van der Waals surface area contributed by atoms with E-state index in [4.69, 9.17) is 9.57 Å². The summed E-state index contributed by atoms with van der Waals surface area (Å²) in [6.45, 7) is 3.87. The van der Waals surface area contributed by atoms with Gasteiger partial charge in [0.15, 0.2) is 0 Å².